The number of nitrogens with zero attached hydrogens (tertiary/aromatic N) is 3. The summed E-state index contributed by atoms with van der Waals surface area (Å²) in [5, 5.41) is 10.7. The largest absolute Gasteiger partial charge is 0.274 e. The van der Waals surface area contributed by atoms with Crippen molar-refractivity contribution in [3.05, 3.63) is 58.9 Å². The molecule has 0 aliphatic carbocycles. The third kappa shape index (κ3) is 1.75. The van der Waals surface area contributed by atoms with Crippen LogP contribution in [0.2, 0.25) is 0 Å². The molecule has 0 aliphatic heterocycles. The summed E-state index contributed by atoms with van der Waals surface area (Å²) >= 11 is 0. The molecule has 2 aromatic rings. The molecule has 2 rings (SSSR count). The number of rotatable bonds is 3. The van der Waals surface area contributed by atoms with Crippen molar-refractivity contribution in [3.8, 4) is 0 Å². The summed E-state index contributed by atoms with van der Waals surface area (Å²) in [4.78, 5) is 18.6. The Morgan fingerprint density at radius 2 is 2.06 bits per heavy atom. The van der Waals surface area contributed by atoms with Crippen molar-refractivity contribution < 1.29 is 4.92 Å². The Morgan fingerprint density at radius 1 is 1.38 bits per heavy atom. The number of aromatic nitrogens is 2. The van der Waals surface area contributed by atoms with Gasteiger partial charge < -0.3 is 0 Å². The van der Waals surface area contributed by atoms with Crippen molar-refractivity contribution in [2.75, 3.05) is 0 Å². The lowest BCUT2D eigenvalue weighted by atomic mass is 10.2. The van der Waals surface area contributed by atoms with Gasteiger partial charge in [-0.05, 0) is 18.2 Å². The number of benzene rings is 1. The van der Waals surface area contributed by atoms with Gasteiger partial charge in [-0.2, -0.15) is 0 Å². The van der Waals surface area contributed by atoms with E-state index in [0.29, 0.717) is 11.2 Å². The monoisotopic (exact) mass is 215 g/mol. The van der Waals surface area contributed by atoms with Gasteiger partial charge in [0.25, 0.3) is 6.04 Å². The highest BCUT2D eigenvalue weighted by Crippen LogP contribution is 2.17. The molecule has 0 N–H and O–H groups in total. The van der Waals surface area contributed by atoms with Gasteiger partial charge in [0, 0.05) is 4.92 Å². The molecule has 16 heavy (non-hydrogen) atoms. The summed E-state index contributed by atoms with van der Waals surface area (Å²) in [5.41, 5.74) is 1.67. The lowest BCUT2D eigenvalue weighted by Crippen LogP contribution is -2.09. The molecule has 5 nitrogen and oxygen atoms in total. The van der Waals surface area contributed by atoms with Crippen LogP contribution in [-0.4, -0.2) is 14.9 Å². The smallest absolute Gasteiger partial charge is 0.263 e. The average molecular weight is 215 g/mol. The van der Waals surface area contributed by atoms with Crippen LogP contribution in [-0.2, 0) is 0 Å². The fourth-order valence-electron chi connectivity index (χ4n) is 1.43. The first kappa shape index (κ1) is 10.2. The molecule has 0 bridgehead atoms. The Morgan fingerprint density at radius 3 is 2.69 bits per heavy atom. The molecule has 0 amide bonds. The Kier molecular flexibility index (Phi) is 2.59. The van der Waals surface area contributed by atoms with Gasteiger partial charge in [-0.15, -0.1) is 0 Å². The van der Waals surface area contributed by atoms with Crippen LogP contribution in [0.1, 0.15) is 11.7 Å². The summed E-state index contributed by atoms with van der Waals surface area (Å²) in [6, 6.07) is 6.23. The molecule has 0 radical (unpaired) electrons. The van der Waals surface area contributed by atoms with Gasteiger partial charge in [-0.25, -0.2) is 4.98 Å². The topological polar surface area (TPSA) is 68.9 Å². The van der Waals surface area contributed by atoms with Crippen molar-refractivity contribution in [3.63, 3.8) is 0 Å². The number of nitro groups is 1. The standard InChI is InChI=1S/C11H9N3O2/c1-2-11(14(15)16)10-7-12-8-5-3-4-6-9(8)13-10/h2-7,11H,1H2. The van der Waals surface area contributed by atoms with E-state index in [4.69, 9.17) is 0 Å². The Balaban J connectivity index is 2.53. The lowest BCUT2D eigenvalue weighted by molar-refractivity contribution is -0.516. The number of fused-ring (bicyclic) bond motifs is 1. The van der Waals surface area contributed by atoms with E-state index in [-0.39, 0.29) is 0 Å². The van der Waals surface area contributed by atoms with Crippen molar-refractivity contribution in [2.45, 2.75) is 6.04 Å². The van der Waals surface area contributed by atoms with Gasteiger partial charge in [0.1, 0.15) is 5.69 Å². The predicted octanol–water partition coefficient (Wildman–Crippen LogP) is 2.13. The molecule has 0 spiro atoms. The molecular weight excluding hydrogens is 206 g/mol. The van der Waals surface area contributed by atoms with E-state index >= 15 is 0 Å². The molecule has 0 aliphatic rings. The number of para-hydroxylation sites is 2. The maximum atomic E-state index is 10.7. The first-order valence-corrected chi connectivity index (χ1v) is 4.70. The molecule has 1 heterocycles. The Labute approximate surface area is 91.6 Å². The van der Waals surface area contributed by atoms with Gasteiger partial charge in [0.2, 0.25) is 0 Å². The summed E-state index contributed by atoms with van der Waals surface area (Å²) < 4.78 is 0. The molecule has 80 valence electrons. The predicted molar refractivity (Wildman–Crippen MR) is 59.5 cm³/mol. The van der Waals surface area contributed by atoms with Crippen LogP contribution in [0.25, 0.3) is 11.0 Å². The van der Waals surface area contributed by atoms with Gasteiger partial charge in [-0.1, -0.05) is 18.7 Å². The highest BCUT2D eigenvalue weighted by atomic mass is 16.6. The molecule has 0 fully saturated rings. The van der Waals surface area contributed by atoms with Crippen LogP contribution >= 0.6 is 0 Å². The summed E-state index contributed by atoms with van der Waals surface area (Å²) in [6.07, 6.45) is 2.66. The highest BCUT2D eigenvalue weighted by molar-refractivity contribution is 5.73. The van der Waals surface area contributed by atoms with E-state index < -0.39 is 11.0 Å². The highest BCUT2D eigenvalue weighted by Gasteiger charge is 2.20. The van der Waals surface area contributed by atoms with Gasteiger partial charge in [-0.3, -0.25) is 15.1 Å². The van der Waals surface area contributed by atoms with Crippen LogP contribution in [0.5, 0.6) is 0 Å². The minimum atomic E-state index is -1.00. The van der Waals surface area contributed by atoms with Crippen molar-refractivity contribution >= 4 is 11.0 Å². The van der Waals surface area contributed by atoms with Crippen molar-refractivity contribution in [2.24, 2.45) is 0 Å². The van der Waals surface area contributed by atoms with Crippen LogP contribution in [0.4, 0.5) is 0 Å². The minimum Gasteiger partial charge on any atom is -0.263 e. The first-order chi connectivity index (χ1) is 7.72. The van der Waals surface area contributed by atoms with Crippen molar-refractivity contribution in [1.29, 1.82) is 0 Å². The molecule has 5 heteroatoms. The maximum absolute atomic E-state index is 10.7. The first-order valence-electron chi connectivity index (χ1n) is 4.70. The quantitative estimate of drug-likeness (QED) is 0.446. The van der Waals surface area contributed by atoms with E-state index in [1.54, 1.807) is 12.1 Å². The normalized spacial score (nSPS) is 12.2. The summed E-state index contributed by atoms with van der Waals surface area (Å²) in [5.74, 6) is 0. The van der Waals surface area contributed by atoms with E-state index in [1.807, 2.05) is 12.1 Å². The van der Waals surface area contributed by atoms with Crippen LogP contribution in [0, 0.1) is 10.1 Å². The number of hydrogen-bond acceptors (Lipinski definition) is 4. The molecule has 0 saturated heterocycles. The second kappa shape index (κ2) is 4.06. The SMILES string of the molecule is C=CC(c1cnc2ccccc2n1)[N+](=O)[O-]. The zero-order valence-electron chi connectivity index (χ0n) is 8.41. The van der Waals surface area contributed by atoms with E-state index in [9.17, 15) is 10.1 Å². The van der Waals surface area contributed by atoms with E-state index in [0.717, 1.165) is 5.52 Å². The van der Waals surface area contributed by atoms with Gasteiger partial charge >= 0.3 is 0 Å². The van der Waals surface area contributed by atoms with E-state index in [1.165, 1.54) is 12.3 Å². The molecular formula is C11H9N3O2. The fourth-order valence-corrected chi connectivity index (χ4v) is 1.43. The summed E-state index contributed by atoms with van der Waals surface area (Å²) in [6.45, 7) is 3.43. The minimum absolute atomic E-state index is 0.304. The second-order valence-electron chi connectivity index (χ2n) is 3.25. The Bertz CT molecular complexity index is 554. The van der Waals surface area contributed by atoms with E-state index in [2.05, 4.69) is 16.5 Å². The van der Waals surface area contributed by atoms with Crippen LogP contribution in [0.3, 0.4) is 0 Å². The third-order valence-electron chi connectivity index (χ3n) is 2.22. The van der Waals surface area contributed by atoms with Crippen LogP contribution < -0.4 is 0 Å². The zero-order chi connectivity index (χ0) is 11.5. The summed E-state index contributed by atoms with van der Waals surface area (Å²) in [7, 11) is 0. The second-order valence-corrected chi connectivity index (χ2v) is 3.25. The zero-order valence-corrected chi connectivity index (χ0v) is 8.41. The molecule has 1 aromatic heterocycles. The molecule has 1 aromatic carbocycles. The average Bonchev–Trinajstić information content (AvgIpc) is 2.29. The maximum Gasteiger partial charge on any atom is 0.274 e. The lowest BCUT2D eigenvalue weighted by Gasteiger charge is -2.04. The van der Waals surface area contributed by atoms with Crippen LogP contribution in [0.15, 0.2) is 43.1 Å². The molecule has 0 saturated carbocycles. The van der Waals surface area contributed by atoms with Crippen molar-refractivity contribution in [1.82, 2.24) is 9.97 Å². The molecule has 1 atom stereocenters. The Hall–Kier alpha value is -2.30. The molecule has 1 unspecified atom stereocenters. The van der Waals surface area contributed by atoms with Gasteiger partial charge in [0.15, 0.2) is 0 Å². The third-order valence-corrected chi connectivity index (χ3v) is 2.22. The fraction of sp³-hybridized carbons (Fsp3) is 0.0909. The van der Waals surface area contributed by atoms with Gasteiger partial charge in [0.05, 0.1) is 17.2 Å². The number of hydrogen-bond donors (Lipinski definition) is 0.